The van der Waals surface area contributed by atoms with Crippen LogP contribution in [0.3, 0.4) is 0 Å². The van der Waals surface area contributed by atoms with Crippen LogP contribution in [0.15, 0.2) is 42.5 Å². The topological polar surface area (TPSA) is 49.4 Å². The van der Waals surface area contributed by atoms with Crippen LogP contribution in [0.2, 0.25) is 10.0 Å². The van der Waals surface area contributed by atoms with Crippen LogP contribution in [0.5, 0.6) is 0 Å². The van der Waals surface area contributed by atoms with Gasteiger partial charge >= 0.3 is 0 Å². The predicted octanol–water partition coefficient (Wildman–Crippen LogP) is 3.83. The number of carbonyl (C=O) groups is 2. The fourth-order valence-electron chi connectivity index (χ4n) is 2.94. The Balaban J connectivity index is 1.62. The predicted molar refractivity (Wildman–Crippen MR) is 98.9 cm³/mol. The Morgan fingerprint density at radius 1 is 1.20 bits per heavy atom. The summed E-state index contributed by atoms with van der Waals surface area (Å²) >= 11 is 11.9. The van der Waals surface area contributed by atoms with Gasteiger partial charge in [0, 0.05) is 25.1 Å². The lowest BCUT2D eigenvalue weighted by molar-refractivity contribution is -0.128. The maximum atomic E-state index is 12.3. The molecule has 1 N–H and O–H groups in total. The van der Waals surface area contributed by atoms with E-state index in [9.17, 15) is 9.59 Å². The second-order valence-corrected chi connectivity index (χ2v) is 7.08. The minimum Gasteiger partial charge on any atom is -0.347 e. The van der Waals surface area contributed by atoms with Crippen LogP contribution in [0.4, 0.5) is 0 Å². The number of halogens is 2. The van der Waals surface area contributed by atoms with Gasteiger partial charge in [0.05, 0.1) is 16.1 Å². The summed E-state index contributed by atoms with van der Waals surface area (Å²) in [6.07, 6.45) is 0.304. The third-order valence-corrected chi connectivity index (χ3v) is 4.93. The second kappa shape index (κ2) is 7.46. The number of likely N-dealkylation sites (tertiary alicyclic amines) is 1. The van der Waals surface area contributed by atoms with Gasteiger partial charge in [-0.1, -0.05) is 47.0 Å². The van der Waals surface area contributed by atoms with Gasteiger partial charge in [-0.2, -0.15) is 0 Å². The molecule has 1 aliphatic rings. The van der Waals surface area contributed by atoms with Crippen molar-refractivity contribution in [2.75, 3.05) is 6.54 Å². The van der Waals surface area contributed by atoms with Gasteiger partial charge in [0.1, 0.15) is 0 Å². The summed E-state index contributed by atoms with van der Waals surface area (Å²) in [6, 6.07) is 12.5. The molecule has 0 radical (unpaired) electrons. The van der Waals surface area contributed by atoms with Gasteiger partial charge in [-0.25, -0.2) is 0 Å². The molecule has 1 heterocycles. The molecule has 4 nitrogen and oxygen atoms in total. The van der Waals surface area contributed by atoms with Gasteiger partial charge in [-0.3, -0.25) is 9.59 Å². The van der Waals surface area contributed by atoms with Crippen molar-refractivity contribution in [1.29, 1.82) is 0 Å². The summed E-state index contributed by atoms with van der Waals surface area (Å²) in [4.78, 5) is 26.3. The summed E-state index contributed by atoms with van der Waals surface area (Å²) in [5.74, 6) is -0.140. The van der Waals surface area contributed by atoms with E-state index in [0.29, 0.717) is 35.1 Å². The first-order valence-electron chi connectivity index (χ1n) is 8.01. The second-order valence-electron chi connectivity index (χ2n) is 6.27. The maximum Gasteiger partial charge on any atom is 0.251 e. The van der Waals surface area contributed by atoms with Crippen molar-refractivity contribution in [3.05, 3.63) is 69.2 Å². The van der Waals surface area contributed by atoms with E-state index in [1.807, 2.05) is 31.2 Å². The number of hydrogen-bond donors (Lipinski definition) is 1. The van der Waals surface area contributed by atoms with Gasteiger partial charge in [0.15, 0.2) is 0 Å². The Morgan fingerprint density at radius 2 is 2.00 bits per heavy atom. The average molecular weight is 377 g/mol. The van der Waals surface area contributed by atoms with E-state index < -0.39 is 0 Å². The molecule has 2 aromatic rings. The molecule has 1 saturated heterocycles. The van der Waals surface area contributed by atoms with Crippen LogP contribution >= 0.6 is 23.2 Å². The van der Waals surface area contributed by atoms with Crippen molar-refractivity contribution in [3.63, 3.8) is 0 Å². The number of hydrogen-bond acceptors (Lipinski definition) is 2. The number of nitrogens with one attached hydrogen (secondary N) is 1. The van der Waals surface area contributed by atoms with E-state index in [1.165, 1.54) is 0 Å². The molecular formula is C19H18Cl2N2O2. The highest BCUT2D eigenvalue weighted by atomic mass is 35.5. The molecule has 0 aromatic heterocycles. The fourth-order valence-corrected chi connectivity index (χ4v) is 3.26. The van der Waals surface area contributed by atoms with E-state index in [1.54, 1.807) is 23.1 Å². The third-order valence-electron chi connectivity index (χ3n) is 4.19. The zero-order valence-electron chi connectivity index (χ0n) is 13.8. The molecule has 6 heteroatoms. The highest BCUT2D eigenvalue weighted by Crippen LogP contribution is 2.24. The van der Waals surface area contributed by atoms with Gasteiger partial charge in [0.25, 0.3) is 5.91 Å². The van der Waals surface area contributed by atoms with E-state index >= 15 is 0 Å². The molecule has 1 atom stereocenters. The van der Waals surface area contributed by atoms with Crippen LogP contribution in [-0.2, 0) is 11.3 Å². The number of amides is 2. The molecule has 0 spiro atoms. The normalized spacial score (nSPS) is 17.0. The minimum atomic E-state index is -0.191. The Bertz CT molecular complexity index is 823. The molecule has 130 valence electrons. The van der Waals surface area contributed by atoms with E-state index in [2.05, 4.69) is 5.32 Å². The van der Waals surface area contributed by atoms with Crippen LogP contribution in [0.25, 0.3) is 0 Å². The first kappa shape index (κ1) is 17.8. The fraction of sp³-hybridized carbons (Fsp3) is 0.263. The van der Waals surface area contributed by atoms with Crippen molar-refractivity contribution in [2.45, 2.75) is 25.9 Å². The summed E-state index contributed by atoms with van der Waals surface area (Å²) in [5.41, 5.74) is 2.54. The van der Waals surface area contributed by atoms with Crippen molar-refractivity contribution in [2.24, 2.45) is 0 Å². The molecule has 2 amide bonds. The highest BCUT2D eigenvalue weighted by molar-refractivity contribution is 6.42. The molecule has 3 rings (SSSR count). The number of carbonyl (C=O) groups excluding carboxylic acids is 2. The average Bonchev–Trinajstić information content (AvgIpc) is 2.90. The Morgan fingerprint density at radius 3 is 2.72 bits per heavy atom. The molecule has 0 aliphatic carbocycles. The number of aryl methyl sites for hydroxylation is 1. The van der Waals surface area contributed by atoms with Crippen LogP contribution in [0, 0.1) is 6.92 Å². The number of rotatable bonds is 4. The standard InChI is InChI=1S/C19H18Cl2N2O2/c1-12-3-2-4-14(7-12)19(25)22-15-9-18(24)23(11-15)10-13-5-6-16(20)17(21)8-13/h2-8,15H,9-11H2,1H3,(H,22,25). The first-order chi connectivity index (χ1) is 11.9. The van der Waals surface area contributed by atoms with Gasteiger partial charge in [0.2, 0.25) is 5.91 Å². The Kier molecular flexibility index (Phi) is 5.30. The first-order valence-corrected chi connectivity index (χ1v) is 8.77. The molecule has 1 unspecified atom stereocenters. The minimum absolute atomic E-state index is 0.0145. The van der Waals surface area contributed by atoms with Crippen LogP contribution in [0.1, 0.15) is 27.9 Å². The molecular weight excluding hydrogens is 359 g/mol. The third kappa shape index (κ3) is 4.33. The van der Waals surface area contributed by atoms with E-state index in [-0.39, 0.29) is 17.9 Å². The quantitative estimate of drug-likeness (QED) is 0.881. The van der Waals surface area contributed by atoms with Gasteiger partial charge in [-0.05, 0) is 36.8 Å². The summed E-state index contributed by atoms with van der Waals surface area (Å²) in [6.45, 7) is 2.87. The monoisotopic (exact) mass is 376 g/mol. The lowest BCUT2D eigenvalue weighted by atomic mass is 10.1. The van der Waals surface area contributed by atoms with Gasteiger partial charge < -0.3 is 10.2 Å². The SMILES string of the molecule is Cc1cccc(C(=O)NC2CC(=O)N(Cc3ccc(Cl)c(Cl)c3)C2)c1. The van der Waals surface area contributed by atoms with Crippen LogP contribution in [-0.4, -0.2) is 29.3 Å². The Labute approximate surface area is 156 Å². The van der Waals surface area contributed by atoms with E-state index in [0.717, 1.165) is 11.1 Å². The lowest BCUT2D eigenvalue weighted by Gasteiger charge is -2.17. The van der Waals surface area contributed by atoms with Gasteiger partial charge in [-0.15, -0.1) is 0 Å². The van der Waals surface area contributed by atoms with Crippen molar-refractivity contribution in [1.82, 2.24) is 10.2 Å². The maximum absolute atomic E-state index is 12.3. The van der Waals surface area contributed by atoms with Crippen LogP contribution < -0.4 is 5.32 Å². The zero-order chi connectivity index (χ0) is 18.0. The number of benzene rings is 2. The molecule has 1 fully saturated rings. The molecule has 2 aromatic carbocycles. The van der Waals surface area contributed by atoms with E-state index in [4.69, 9.17) is 23.2 Å². The molecule has 0 saturated carbocycles. The largest absolute Gasteiger partial charge is 0.347 e. The summed E-state index contributed by atoms with van der Waals surface area (Å²) < 4.78 is 0. The summed E-state index contributed by atoms with van der Waals surface area (Å²) in [7, 11) is 0. The number of nitrogens with zero attached hydrogens (tertiary/aromatic N) is 1. The molecule has 25 heavy (non-hydrogen) atoms. The lowest BCUT2D eigenvalue weighted by Crippen LogP contribution is -2.37. The summed E-state index contributed by atoms with van der Waals surface area (Å²) in [5, 5.41) is 3.90. The zero-order valence-corrected chi connectivity index (χ0v) is 15.3. The van der Waals surface area contributed by atoms with Crippen molar-refractivity contribution >= 4 is 35.0 Å². The molecule has 1 aliphatic heterocycles. The molecule has 0 bridgehead atoms. The van der Waals surface area contributed by atoms with Crippen molar-refractivity contribution in [3.8, 4) is 0 Å². The highest BCUT2D eigenvalue weighted by Gasteiger charge is 2.30. The Hall–Kier alpha value is -2.04. The smallest absolute Gasteiger partial charge is 0.251 e. The van der Waals surface area contributed by atoms with Crippen molar-refractivity contribution < 1.29 is 9.59 Å².